The first kappa shape index (κ1) is 8.52. The number of hydrogen-bond donors (Lipinski definition) is 1. The molecule has 2 atom stereocenters. The molecule has 1 spiro atoms. The summed E-state index contributed by atoms with van der Waals surface area (Å²) in [4.78, 5) is 0. The van der Waals surface area contributed by atoms with E-state index in [1.165, 1.54) is 25.7 Å². The van der Waals surface area contributed by atoms with Crippen LogP contribution < -0.4 is 0 Å². The van der Waals surface area contributed by atoms with Crippen LogP contribution in [0.4, 0.5) is 0 Å². The van der Waals surface area contributed by atoms with Crippen molar-refractivity contribution in [1.82, 2.24) is 0 Å². The standard InChI is InChI=1S/C10H18O2/c1-8(7-11)9-3-6-10(12-9)4-2-5-10/h8-9,11H,2-7H2,1H3/t8-,9?/m0/s1. The van der Waals surface area contributed by atoms with Gasteiger partial charge in [-0.1, -0.05) is 6.92 Å². The van der Waals surface area contributed by atoms with Gasteiger partial charge in [0.25, 0.3) is 0 Å². The van der Waals surface area contributed by atoms with Crippen LogP contribution in [-0.4, -0.2) is 23.4 Å². The van der Waals surface area contributed by atoms with Crippen LogP contribution in [0.3, 0.4) is 0 Å². The third-order valence-corrected chi connectivity index (χ3v) is 3.47. The number of hydrogen-bond acceptors (Lipinski definition) is 2. The summed E-state index contributed by atoms with van der Waals surface area (Å²) in [5, 5.41) is 8.98. The van der Waals surface area contributed by atoms with Crippen LogP contribution in [0, 0.1) is 5.92 Å². The molecule has 2 fully saturated rings. The van der Waals surface area contributed by atoms with Gasteiger partial charge in [-0.05, 0) is 32.1 Å². The van der Waals surface area contributed by atoms with E-state index in [-0.39, 0.29) is 12.2 Å². The van der Waals surface area contributed by atoms with E-state index < -0.39 is 0 Å². The van der Waals surface area contributed by atoms with Gasteiger partial charge in [0.15, 0.2) is 0 Å². The van der Waals surface area contributed by atoms with Crippen LogP contribution in [0.1, 0.15) is 39.0 Å². The Hall–Kier alpha value is -0.0800. The van der Waals surface area contributed by atoms with Crippen molar-refractivity contribution in [1.29, 1.82) is 0 Å². The molecular weight excluding hydrogens is 152 g/mol. The minimum atomic E-state index is 0.258. The quantitative estimate of drug-likeness (QED) is 0.683. The molecule has 0 aromatic rings. The van der Waals surface area contributed by atoms with Crippen molar-refractivity contribution >= 4 is 0 Å². The van der Waals surface area contributed by atoms with E-state index in [9.17, 15) is 0 Å². The first-order chi connectivity index (χ1) is 5.76. The lowest BCUT2D eigenvalue weighted by atomic mass is 9.78. The molecule has 0 amide bonds. The summed E-state index contributed by atoms with van der Waals surface area (Å²) >= 11 is 0. The Labute approximate surface area is 73.9 Å². The number of rotatable bonds is 2. The summed E-state index contributed by atoms with van der Waals surface area (Å²) in [7, 11) is 0. The van der Waals surface area contributed by atoms with Gasteiger partial charge in [-0.25, -0.2) is 0 Å². The minimum Gasteiger partial charge on any atom is -0.396 e. The van der Waals surface area contributed by atoms with E-state index >= 15 is 0 Å². The van der Waals surface area contributed by atoms with E-state index in [1.54, 1.807) is 0 Å². The highest BCUT2D eigenvalue weighted by Crippen LogP contribution is 2.46. The molecule has 2 rings (SSSR count). The molecule has 1 N–H and O–H groups in total. The van der Waals surface area contributed by atoms with Gasteiger partial charge in [-0.15, -0.1) is 0 Å². The normalized spacial score (nSPS) is 35.0. The topological polar surface area (TPSA) is 29.5 Å². The Morgan fingerprint density at radius 2 is 2.25 bits per heavy atom. The van der Waals surface area contributed by atoms with E-state index in [0.717, 1.165) is 6.42 Å². The summed E-state index contributed by atoms with van der Waals surface area (Å²) in [5.41, 5.74) is 0.258. The highest BCUT2D eigenvalue weighted by molar-refractivity contribution is 4.96. The van der Waals surface area contributed by atoms with Gasteiger partial charge in [0.1, 0.15) is 0 Å². The molecule has 70 valence electrons. The van der Waals surface area contributed by atoms with Gasteiger partial charge >= 0.3 is 0 Å². The molecule has 1 aliphatic heterocycles. The van der Waals surface area contributed by atoms with Crippen LogP contribution in [0.25, 0.3) is 0 Å². The van der Waals surface area contributed by atoms with Crippen molar-refractivity contribution in [3.63, 3.8) is 0 Å². The zero-order valence-corrected chi connectivity index (χ0v) is 7.75. The number of ether oxygens (including phenoxy) is 1. The van der Waals surface area contributed by atoms with E-state index in [4.69, 9.17) is 9.84 Å². The zero-order chi connectivity index (χ0) is 8.60. The summed E-state index contributed by atoms with van der Waals surface area (Å²) in [6.45, 7) is 2.34. The molecule has 1 saturated heterocycles. The van der Waals surface area contributed by atoms with Crippen LogP contribution in [0.2, 0.25) is 0 Å². The van der Waals surface area contributed by atoms with E-state index in [1.807, 2.05) is 0 Å². The van der Waals surface area contributed by atoms with Crippen molar-refractivity contribution < 1.29 is 9.84 Å². The Morgan fingerprint density at radius 3 is 2.67 bits per heavy atom. The van der Waals surface area contributed by atoms with Gasteiger partial charge < -0.3 is 9.84 Å². The molecule has 0 bridgehead atoms. The highest BCUT2D eigenvalue weighted by Gasteiger charge is 2.45. The predicted molar refractivity (Wildman–Crippen MR) is 46.9 cm³/mol. The second-order valence-electron chi connectivity index (χ2n) is 4.39. The van der Waals surface area contributed by atoms with Crippen LogP contribution in [0.5, 0.6) is 0 Å². The predicted octanol–water partition coefficient (Wildman–Crippen LogP) is 1.72. The monoisotopic (exact) mass is 170 g/mol. The largest absolute Gasteiger partial charge is 0.396 e. The Kier molecular flexibility index (Phi) is 2.13. The lowest BCUT2D eigenvalue weighted by molar-refractivity contribution is -0.109. The highest BCUT2D eigenvalue weighted by atomic mass is 16.5. The van der Waals surface area contributed by atoms with Crippen molar-refractivity contribution in [2.75, 3.05) is 6.61 Å². The molecule has 2 aliphatic rings. The van der Waals surface area contributed by atoms with Gasteiger partial charge in [0, 0.05) is 12.5 Å². The Morgan fingerprint density at radius 1 is 1.50 bits per heavy atom. The first-order valence-corrected chi connectivity index (χ1v) is 5.04. The van der Waals surface area contributed by atoms with E-state index in [2.05, 4.69) is 6.92 Å². The molecule has 1 heterocycles. The fraction of sp³-hybridized carbons (Fsp3) is 1.00. The van der Waals surface area contributed by atoms with Crippen LogP contribution >= 0.6 is 0 Å². The third-order valence-electron chi connectivity index (χ3n) is 3.47. The maximum Gasteiger partial charge on any atom is 0.0687 e. The molecule has 1 aliphatic carbocycles. The maximum atomic E-state index is 8.98. The lowest BCUT2D eigenvalue weighted by Gasteiger charge is -2.38. The smallest absolute Gasteiger partial charge is 0.0687 e. The molecule has 2 heteroatoms. The third kappa shape index (κ3) is 1.27. The SMILES string of the molecule is C[C@@H](CO)C1CCC2(CCC2)O1. The lowest BCUT2D eigenvalue weighted by Crippen LogP contribution is -2.38. The van der Waals surface area contributed by atoms with Gasteiger partial charge in [0.2, 0.25) is 0 Å². The van der Waals surface area contributed by atoms with Crippen molar-refractivity contribution in [2.24, 2.45) is 5.92 Å². The number of aliphatic hydroxyl groups excluding tert-OH is 1. The van der Waals surface area contributed by atoms with Crippen molar-refractivity contribution in [2.45, 2.75) is 50.7 Å². The van der Waals surface area contributed by atoms with Crippen LogP contribution in [-0.2, 0) is 4.74 Å². The van der Waals surface area contributed by atoms with Crippen molar-refractivity contribution in [3.05, 3.63) is 0 Å². The molecule has 12 heavy (non-hydrogen) atoms. The minimum absolute atomic E-state index is 0.258. The van der Waals surface area contributed by atoms with Gasteiger partial charge in [0.05, 0.1) is 11.7 Å². The van der Waals surface area contributed by atoms with Crippen LogP contribution in [0.15, 0.2) is 0 Å². The molecule has 1 saturated carbocycles. The average Bonchev–Trinajstić information content (AvgIpc) is 2.46. The average molecular weight is 170 g/mol. The molecule has 2 nitrogen and oxygen atoms in total. The molecular formula is C10H18O2. The van der Waals surface area contributed by atoms with Gasteiger partial charge in [-0.3, -0.25) is 0 Å². The molecule has 0 aromatic heterocycles. The second kappa shape index (κ2) is 3.00. The number of aliphatic hydroxyl groups is 1. The summed E-state index contributed by atoms with van der Waals surface area (Å²) < 4.78 is 5.98. The summed E-state index contributed by atoms with van der Waals surface area (Å²) in [6.07, 6.45) is 6.54. The second-order valence-corrected chi connectivity index (χ2v) is 4.39. The Balaban J connectivity index is 1.89. The van der Waals surface area contributed by atoms with Crippen molar-refractivity contribution in [3.8, 4) is 0 Å². The van der Waals surface area contributed by atoms with Gasteiger partial charge in [-0.2, -0.15) is 0 Å². The summed E-state index contributed by atoms with van der Waals surface area (Å²) in [5.74, 6) is 0.324. The fourth-order valence-electron chi connectivity index (χ4n) is 2.30. The fourth-order valence-corrected chi connectivity index (χ4v) is 2.30. The first-order valence-electron chi connectivity index (χ1n) is 5.04. The maximum absolute atomic E-state index is 8.98. The molecule has 1 unspecified atom stereocenters. The molecule has 0 aromatic carbocycles. The zero-order valence-electron chi connectivity index (χ0n) is 7.75. The molecule has 0 radical (unpaired) electrons. The Bertz CT molecular complexity index is 163. The summed E-state index contributed by atoms with van der Waals surface area (Å²) in [6, 6.07) is 0. The van der Waals surface area contributed by atoms with E-state index in [0.29, 0.717) is 12.0 Å².